The lowest BCUT2D eigenvalue weighted by molar-refractivity contribution is 1.18. The van der Waals surface area contributed by atoms with Crippen LogP contribution in [0.2, 0.25) is 0 Å². The smallest absolute Gasteiger partial charge is 0.0555 e. The van der Waals surface area contributed by atoms with Gasteiger partial charge in [-0.1, -0.05) is 158 Å². The second-order valence-electron chi connectivity index (χ2n) is 14.0. The van der Waals surface area contributed by atoms with Crippen LogP contribution in [0.4, 0.5) is 17.1 Å². The number of hydrogen-bond donors (Lipinski definition) is 0. The van der Waals surface area contributed by atoms with Crippen LogP contribution >= 0.6 is 11.3 Å². The molecule has 9 aromatic carbocycles. The van der Waals surface area contributed by atoms with Crippen LogP contribution in [0.25, 0.3) is 80.7 Å². The maximum Gasteiger partial charge on any atom is 0.0555 e. The lowest BCUT2D eigenvalue weighted by atomic mass is 9.93. The lowest BCUT2D eigenvalue weighted by Crippen LogP contribution is -2.13. The molecule has 0 saturated carbocycles. The van der Waals surface area contributed by atoms with E-state index in [4.69, 9.17) is 0 Å². The van der Waals surface area contributed by atoms with Crippen molar-refractivity contribution in [3.05, 3.63) is 206 Å². The van der Waals surface area contributed by atoms with Gasteiger partial charge in [0.05, 0.1) is 33.8 Å². The summed E-state index contributed by atoms with van der Waals surface area (Å²) in [6.07, 6.45) is 0. The van der Waals surface area contributed by atoms with E-state index in [9.17, 15) is 0 Å². The summed E-state index contributed by atoms with van der Waals surface area (Å²) in [5, 5.41) is 7.46. The van der Waals surface area contributed by atoms with Gasteiger partial charge in [-0.3, -0.25) is 0 Å². The van der Waals surface area contributed by atoms with E-state index in [0.29, 0.717) is 0 Å². The summed E-state index contributed by atoms with van der Waals surface area (Å²) >= 11 is 1.86. The molecule has 0 saturated heterocycles. The molecule has 11 rings (SSSR count). The molecule has 0 radical (unpaired) electrons. The van der Waals surface area contributed by atoms with E-state index >= 15 is 0 Å². The van der Waals surface area contributed by atoms with Crippen molar-refractivity contribution in [2.45, 2.75) is 0 Å². The third-order valence-corrected chi connectivity index (χ3v) is 12.1. The highest BCUT2D eigenvalue weighted by atomic mass is 32.1. The predicted molar refractivity (Wildman–Crippen MR) is 237 cm³/mol. The van der Waals surface area contributed by atoms with Crippen molar-refractivity contribution in [2.24, 2.45) is 0 Å². The molecule has 0 aliphatic heterocycles. The minimum absolute atomic E-state index is 1.12. The summed E-state index contributed by atoms with van der Waals surface area (Å²) in [4.78, 5) is 2.52. The fraction of sp³-hybridized carbons (Fsp3) is 0. The molecular formula is C52H34N2S. The summed E-state index contributed by atoms with van der Waals surface area (Å²) in [5.74, 6) is 0. The van der Waals surface area contributed by atoms with Gasteiger partial charge in [0, 0.05) is 47.6 Å². The van der Waals surface area contributed by atoms with E-state index in [1.165, 1.54) is 69.4 Å². The molecule has 2 heterocycles. The number of thiophene rings is 1. The Labute approximate surface area is 323 Å². The number of hydrogen-bond acceptors (Lipinski definition) is 2. The molecule has 0 fully saturated rings. The van der Waals surface area contributed by atoms with E-state index in [-0.39, 0.29) is 0 Å². The molecule has 0 bridgehead atoms. The van der Waals surface area contributed by atoms with E-state index < -0.39 is 0 Å². The average Bonchev–Trinajstić information content (AvgIpc) is 3.81. The Kier molecular flexibility index (Phi) is 7.39. The summed E-state index contributed by atoms with van der Waals surface area (Å²) in [6, 6.07) is 75.3. The van der Waals surface area contributed by atoms with Crippen LogP contribution in [0, 0.1) is 0 Å². The van der Waals surface area contributed by atoms with Crippen molar-refractivity contribution >= 4 is 81.1 Å². The Hall–Kier alpha value is -6.94. The van der Waals surface area contributed by atoms with Gasteiger partial charge in [-0.05, 0) is 64.9 Å². The molecule has 0 N–H and O–H groups in total. The normalized spacial score (nSPS) is 11.6. The molecule has 55 heavy (non-hydrogen) atoms. The van der Waals surface area contributed by atoms with Crippen molar-refractivity contribution in [3.63, 3.8) is 0 Å². The van der Waals surface area contributed by atoms with Crippen molar-refractivity contribution < 1.29 is 0 Å². The Morgan fingerprint density at radius 3 is 1.67 bits per heavy atom. The number of rotatable bonds is 6. The molecule has 0 amide bonds. The first-order valence-electron chi connectivity index (χ1n) is 18.8. The van der Waals surface area contributed by atoms with Gasteiger partial charge in [0.15, 0.2) is 0 Å². The minimum atomic E-state index is 1.12. The molecule has 0 unspecified atom stereocenters. The SMILES string of the molecule is c1ccc(-c2ccccc2N(c2ccccc2-c2c(-n3c4ccccc4c4ccccc43)ccc3ccccc23)c2cccc3sc4ccccc4c23)cc1. The van der Waals surface area contributed by atoms with Crippen LogP contribution in [0.3, 0.4) is 0 Å². The topological polar surface area (TPSA) is 8.17 Å². The van der Waals surface area contributed by atoms with Gasteiger partial charge in [-0.25, -0.2) is 0 Å². The van der Waals surface area contributed by atoms with Crippen LogP contribution in [-0.4, -0.2) is 4.57 Å². The quantitative estimate of drug-likeness (QED) is 0.166. The van der Waals surface area contributed by atoms with Gasteiger partial charge >= 0.3 is 0 Å². The standard InChI is InChI=1S/C52H34N2S/c1-2-17-35(18-3-1)37-20-6-11-26-43(37)53(47-30-16-32-50-52(47)42-25-10-15-31-49(42)55-50)46-29-14-9-24-41(46)51-38-21-5-4-19-36(38)33-34-48(51)54-44-27-12-7-22-39(44)40-23-8-13-28-45(40)54/h1-34H. The van der Waals surface area contributed by atoms with Crippen molar-refractivity contribution in [3.8, 4) is 27.9 Å². The van der Waals surface area contributed by atoms with Gasteiger partial charge in [0.25, 0.3) is 0 Å². The number of para-hydroxylation sites is 4. The van der Waals surface area contributed by atoms with E-state index in [1.807, 2.05) is 11.3 Å². The highest BCUT2D eigenvalue weighted by molar-refractivity contribution is 7.26. The molecule has 258 valence electrons. The third kappa shape index (κ3) is 5.01. The Balaban J connectivity index is 1.28. The second kappa shape index (κ2) is 12.9. The third-order valence-electron chi connectivity index (χ3n) is 11.0. The molecule has 2 nitrogen and oxygen atoms in total. The van der Waals surface area contributed by atoms with Crippen molar-refractivity contribution in [1.82, 2.24) is 4.57 Å². The number of fused-ring (bicyclic) bond motifs is 7. The lowest BCUT2D eigenvalue weighted by Gasteiger charge is -2.31. The molecule has 0 spiro atoms. The van der Waals surface area contributed by atoms with Gasteiger partial charge in [-0.15, -0.1) is 11.3 Å². The van der Waals surface area contributed by atoms with Gasteiger partial charge < -0.3 is 9.47 Å². The monoisotopic (exact) mass is 718 g/mol. The maximum atomic E-state index is 2.52. The Morgan fingerprint density at radius 2 is 0.909 bits per heavy atom. The molecule has 0 aliphatic rings. The fourth-order valence-electron chi connectivity index (χ4n) is 8.65. The summed E-state index contributed by atoms with van der Waals surface area (Å²) in [6.45, 7) is 0. The van der Waals surface area contributed by atoms with E-state index in [2.05, 4.69) is 216 Å². The van der Waals surface area contributed by atoms with Gasteiger partial charge in [0.2, 0.25) is 0 Å². The molecule has 3 heteroatoms. The minimum Gasteiger partial charge on any atom is -0.309 e. The summed E-state index contributed by atoms with van der Waals surface area (Å²) < 4.78 is 5.03. The number of nitrogens with zero attached hydrogens (tertiary/aromatic N) is 2. The Morgan fingerprint density at radius 1 is 0.364 bits per heavy atom. The summed E-state index contributed by atoms with van der Waals surface area (Å²) in [7, 11) is 0. The van der Waals surface area contributed by atoms with Crippen molar-refractivity contribution in [2.75, 3.05) is 4.90 Å². The summed E-state index contributed by atoms with van der Waals surface area (Å²) in [5.41, 5.74) is 11.7. The molecular weight excluding hydrogens is 685 g/mol. The van der Waals surface area contributed by atoms with E-state index in [1.54, 1.807) is 0 Å². The largest absolute Gasteiger partial charge is 0.309 e. The van der Waals surface area contributed by atoms with Crippen LogP contribution in [0.15, 0.2) is 206 Å². The zero-order valence-electron chi connectivity index (χ0n) is 29.9. The van der Waals surface area contributed by atoms with Crippen LogP contribution < -0.4 is 4.90 Å². The van der Waals surface area contributed by atoms with Crippen molar-refractivity contribution in [1.29, 1.82) is 0 Å². The highest BCUT2D eigenvalue weighted by Crippen LogP contribution is 2.51. The number of anilines is 3. The molecule has 0 atom stereocenters. The average molecular weight is 719 g/mol. The first-order chi connectivity index (χ1) is 27.3. The van der Waals surface area contributed by atoms with Crippen LogP contribution in [-0.2, 0) is 0 Å². The highest BCUT2D eigenvalue weighted by Gasteiger charge is 2.26. The molecule has 2 aromatic heterocycles. The molecule has 11 aromatic rings. The van der Waals surface area contributed by atoms with E-state index in [0.717, 1.165) is 28.3 Å². The fourth-order valence-corrected chi connectivity index (χ4v) is 9.78. The second-order valence-corrected chi connectivity index (χ2v) is 15.1. The molecule has 0 aliphatic carbocycles. The number of benzene rings is 9. The Bertz CT molecular complexity index is 3170. The van der Waals surface area contributed by atoms with Gasteiger partial charge in [-0.2, -0.15) is 0 Å². The maximum absolute atomic E-state index is 2.52. The van der Waals surface area contributed by atoms with Crippen LogP contribution in [0.1, 0.15) is 0 Å². The zero-order valence-corrected chi connectivity index (χ0v) is 30.7. The number of aromatic nitrogens is 1. The zero-order chi connectivity index (χ0) is 36.3. The van der Waals surface area contributed by atoms with Gasteiger partial charge in [0.1, 0.15) is 0 Å². The predicted octanol–water partition coefficient (Wildman–Crippen LogP) is 15.1. The first kappa shape index (κ1) is 31.6. The van der Waals surface area contributed by atoms with Crippen LogP contribution in [0.5, 0.6) is 0 Å². The first-order valence-corrected chi connectivity index (χ1v) is 19.6.